The standard InChI is InChI=1S/C15H19FN2O.C12H24N2/c1-10-8-13(6-7-14(10)16)9-17-15(19)11(2)12(3)18(4)5;1-5-8-12(6-2)10-14-11(4)9-13-7-3/h6-8H,2-3,9H2,1,4-5H3,(H,17,19);7,12,14H,4-6,8-10H2,1-3H3. The van der Waals surface area contributed by atoms with Gasteiger partial charge < -0.3 is 15.5 Å². The van der Waals surface area contributed by atoms with Crippen LogP contribution < -0.4 is 10.6 Å². The molecule has 0 radical (unpaired) electrons. The smallest absolute Gasteiger partial charge is 0.253 e. The first kappa shape index (κ1) is 30.1. The molecule has 0 fully saturated rings. The summed E-state index contributed by atoms with van der Waals surface area (Å²) in [6.45, 7) is 21.6. The van der Waals surface area contributed by atoms with E-state index in [-0.39, 0.29) is 11.7 Å². The van der Waals surface area contributed by atoms with Crippen molar-refractivity contribution in [2.24, 2.45) is 10.9 Å². The highest BCUT2D eigenvalue weighted by Gasteiger charge is 2.11. The highest BCUT2D eigenvalue weighted by Crippen LogP contribution is 2.11. The SMILES string of the molecule is C=C(C(=C)N(C)C)C(=O)NCc1ccc(F)c(C)c1.C=C(CN=CC)NCC(CC)CCC. The molecule has 0 aliphatic rings. The van der Waals surface area contributed by atoms with E-state index in [0.717, 1.165) is 23.7 Å². The molecule has 184 valence electrons. The van der Waals surface area contributed by atoms with Crippen LogP contribution in [0.15, 0.2) is 59.9 Å². The average molecular weight is 459 g/mol. The summed E-state index contributed by atoms with van der Waals surface area (Å²) >= 11 is 0. The summed E-state index contributed by atoms with van der Waals surface area (Å²) in [5, 5.41) is 6.08. The van der Waals surface area contributed by atoms with Gasteiger partial charge in [-0.05, 0) is 49.6 Å². The molecule has 0 saturated carbocycles. The molecule has 6 heteroatoms. The van der Waals surface area contributed by atoms with Crippen molar-refractivity contribution in [3.05, 3.63) is 71.8 Å². The van der Waals surface area contributed by atoms with E-state index in [0.29, 0.717) is 29.9 Å². The number of hydrogen-bond acceptors (Lipinski definition) is 4. The van der Waals surface area contributed by atoms with Gasteiger partial charge in [-0.3, -0.25) is 9.79 Å². The molecule has 1 aromatic rings. The molecule has 0 aromatic heterocycles. The fraction of sp³-hybridized carbons (Fsp3) is 0.481. The number of carbonyl (C=O) groups excluding carboxylic acids is 1. The van der Waals surface area contributed by atoms with Gasteiger partial charge in [-0.2, -0.15) is 0 Å². The molecule has 2 N–H and O–H groups in total. The highest BCUT2D eigenvalue weighted by atomic mass is 19.1. The van der Waals surface area contributed by atoms with Gasteiger partial charge in [0.05, 0.1) is 12.1 Å². The van der Waals surface area contributed by atoms with Crippen LogP contribution in [0, 0.1) is 18.7 Å². The van der Waals surface area contributed by atoms with Crippen molar-refractivity contribution in [1.82, 2.24) is 15.5 Å². The lowest BCUT2D eigenvalue weighted by atomic mass is 10.0. The van der Waals surface area contributed by atoms with E-state index in [4.69, 9.17) is 0 Å². The predicted molar refractivity (Wildman–Crippen MR) is 140 cm³/mol. The number of carbonyl (C=O) groups is 1. The van der Waals surface area contributed by atoms with Crippen LogP contribution in [0.2, 0.25) is 0 Å². The lowest BCUT2D eigenvalue weighted by Crippen LogP contribution is -2.27. The highest BCUT2D eigenvalue weighted by molar-refractivity contribution is 5.96. The molecular formula is C27H43FN4O. The van der Waals surface area contributed by atoms with Crippen molar-refractivity contribution in [2.45, 2.75) is 53.5 Å². The molecule has 0 heterocycles. The van der Waals surface area contributed by atoms with Crippen LogP contribution in [0.25, 0.3) is 0 Å². The van der Waals surface area contributed by atoms with Crippen LogP contribution in [0.5, 0.6) is 0 Å². The van der Waals surface area contributed by atoms with E-state index in [1.807, 2.05) is 13.1 Å². The van der Waals surface area contributed by atoms with E-state index in [9.17, 15) is 9.18 Å². The maximum Gasteiger partial charge on any atom is 0.253 e. The van der Waals surface area contributed by atoms with Crippen molar-refractivity contribution >= 4 is 12.1 Å². The van der Waals surface area contributed by atoms with E-state index < -0.39 is 0 Å². The molecule has 0 bridgehead atoms. The zero-order valence-electron chi connectivity index (χ0n) is 21.4. The predicted octanol–water partition coefficient (Wildman–Crippen LogP) is 5.39. The van der Waals surface area contributed by atoms with Crippen LogP contribution in [0.3, 0.4) is 0 Å². The molecule has 1 rings (SSSR count). The van der Waals surface area contributed by atoms with Gasteiger partial charge in [0.15, 0.2) is 0 Å². The molecule has 1 atom stereocenters. The molecule has 1 aromatic carbocycles. The monoisotopic (exact) mass is 458 g/mol. The van der Waals surface area contributed by atoms with Crippen LogP contribution in [0.4, 0.5) is 4.39 Å². The maximum atomic E-state index is 13.1. The molecule has 0 spiro atoms. The van der Waals surface area contributed by atoms with Crippen molar-refractivity contribution in [3.8, 4) is 0 Å². The zero-order valence-corrected chi connectivity index (χ0v) is 21.4. The number of aryl methyl sites for hydroxylation is 1. The molecule has 1 amide bonds. The number of halogens is 1. The molecule has 0 aliphatic heterocycles. The summed E-state index contributed by atoms with van der Waals surface area (Å²) in [6.07, 6.45) is 5.62. The van der Waals surface area contributed by atoms with Crippen molar-refractivity contribution in [1.29, 1.82) is 0 Å². The largest absolute Gasteiger partial charge is 0.387 e. The zero-order chi connectivity index (χ0) is 25.4. The minimum Gasteiger partial charge on any atom is -0.387 e. The van der Waals surface area contributed by atoms with Crippen LogP contribution >= 0.6 is 0 Å². The van der Waals surface area contributed by atoms with Gasteiger partial charge in [0.25, 0.3) is 5.91 Å². The Hall–Kier alpha value is -2.89. The first-order valence-electron chi connectivity index (χ1n) is 11.5. The second kappa shape index (κ2) is 16.7. The van der Waals surface area contributed by atoms with Gasteiger partial charge in [-0.25, -0.2) is 4.39 Å². The second-order valence-corrected chi connectivity index (χ2v) is 8.23. The van der Waals surface area contributed by atoms with E-state index in [1.165, 1.54) is 25.3 Å². The van der Waals surface area contributed by atoms with Gasteiger partial charge in [-0.15, -0.1) is 0 Å². The van der Waals surface area contributed by atoms with Gasteiger partial charge in [0.1, 0.15) is 5.82 Å². The van der Waals surface area contributed by atoms with Crippen molar-refractivity contribution < 1.29 is 9.18 Å². The lowest BCUT2D eigenvalue weighted by molar-refractivity contribution is -0.117. The van der Waals surface area contributed by atoms with Crippen LogP contribution in [-0.2, 0) is 11.3 Å². The fourth-order valence-electron chi connectivity index (χ4n) is 2.91. The van der Waals surface area contributed by atoms with Gasteiger partial charge in [0.2, 0.25) is 0 Å². The third-order valence-electron chi connectivity index (χ3n) is 5.22. The Morgan fingerprint density at radius 1 is 1.21 bits per heavy atom. The number of benzene rings is 1. The first-order chi connectivity index (χ1) is 15.6. The molecule has 33 heavy (non-hydrogen) atoms. The fourth-order valence-corrected chi connectivity index (χ4v) is 2.91. The quantitative estimate of drug-likeness (QED) is 0.237. The van der Waals surface area contributed by atoms with Gasteiger partial charge >= 0.3 is 0 Å². The summed E-state index contributed by atoms with van der Waals surface area (Å²) in [5.41, 5.74) is 3.31. The number of nitrogens with zero attached hydrogens (tertiary/aromatic N) is 2. The number of aliphatic imine (C=N–C) groups is 1. The topological polar surface area (TPSA) is 56.7 Å². The molecule has 0 saturated heterocycles. The lowest BCUT2D eigenvalue weighted by Gasteiger charge is -2.17. The number of hydrogen-bond donors (Lipinski definition) is 2. The number of rotatable bonds is 13. The van der Waals surface area contributed by atoms with Crippen molar-refractivity contribution in [2.75, 3.05) is 27.2 Å². The Morgan fingerprint density at radius 2 is 1.88 bits per heavy atom. The molecule has 0 aliphatic carbocycles. The second-order valence-electron chi connectivity index (χ2n) is 8.23. The molecule has 5 nitrogen and oxygen atoms in total. The Labute approximate surface area is 200 Å². The van der Waals surface area contributed by atoms with E-state index in [2.05, 4.69) is 49.2 Å². The van der Waals surface area contributed by atoms with Crippen LogP contribution in [-0.4, -0.2) is 44.2 Å². The first-order valence-corrected chi connectivity index (χ1v) is 11.5. The summed E-state index contributed by atoms with van der Waals surface area (Å²) < 4.78 is 13.1. The minimum absolute atomic E-state index is 0.250. The summed E-state index contributed by atoms with van der Waals surface area (Å²) in [6, 6.07) is 4.75. The summed E-state index contributed by atoms with van der Waals surface area (Å²) in [5.74, 6) is 0.253. The average Bonchev–Trinajstić information content (AvgIpc) is 2.80. The van der Waals surface area contributed by atoms with E-state index in [1.54, 1.807) is 38.1 Å². The van der Waals surface area contributed by atoms with Crippen molar-refractivity contribution in [3.63, 3.8) is 0 Å². The number of likely N-dealkylation sites (N-methyl/N-ethyl adjacent to an activating group) is 1. The number of nitrogens with one attached hydrogen (secondary N) is 2. The maximum absolute atomic E-state index is 13.1. The van der Waals surface area contributed by atoms with Gasteiger partial charge in [0, 0.05) is 38.6 Å². The summed E-state index contributed by atoms with van der Waals surface area (Å²) in [7, 11) is 3.59. The third kappa shape index (κ3) is 12.7. The minimum atomic E-state index is -0.277. The molecule has 1 unspecified atom stereocenters. The Bertz CT molecular complexity index is 814. The van der Waals surface area contributed by atoms with E-state index >= 15 is 0 Å². The Balaban J connectivity index is 0.000000653. The Kier molecular flexibility index (Phi) is 15.2. The number of amides is 1. The molecular weight excluding hydrogens is 415 g/mol. The van der Waals surface area contributed by atoms with Crippen LogP contribution in [0.1, 0.15) is 51.2 Å². The Morgan fingerprint density at radius 3 is 2.39 bits per heavy atom. The normalized spacial score (nSPS) is 11.2. The third-order valence-corrected chi connectivity index (χ3v) is 5.22. The summed E-state index contributed by atoms with van der Waals surface area (Å²) in [4.78, 5) is 17.7. The van der Waals surface area contributed by atoms with Gasteiger partial charge in [-0.1, -0.05) is 58.6 Å².